The molecular weight excluding hydrogens is 821 g/mol. The second-order valence-electron chi connectivity index (χ2n) is 17.9. The van der Waals surface area contributed by atoms with Crippen LogP contribution in [0.3, 0.4) is 0 Å². The molecule has 0 aromatic heterocycles. The van der Waals surface area contributed by atoms with Gasteiger partial charge in [-0.2, -0.15) is 0 Å². The van der Waals surface area contributed by atoms with Crippen molar-refractivity contribution in [2.24, 2.45) is 10.9 Å². The van der Waals surface area contributed by atoms with Crippen LogP contribution in [0.5, 0.6) is 0 Å². The van der Waals surface area contributed by atoms with Crippen molar-refractivity contribution in [1.82, 2.24) is 0 Å². The molecule has 0 fully saturated rings. The first kappa shape index (κ1) is 42.3. The number of aryl methyl sites for hydroxylation is 1. The van der Waals surface area contributed by atoms with Gasteiger partial charge in [0.15, 0.2) is 0 Å². The zero-order valence-electron chi connectivity index (χ0n) is 38.8. The Balaban J connectivity index is 1.01. The van der Waals surface area contributed by atoms with Gasteiger partial charge in [-0.25, -0.2) is 0 Å². The summed E-state index contributed by atoms with van der Waals surface area (Å²) in [6, 6.07) is 88.2. The SMILES string of the molecule is CCC(C)/C(=N\c1c(C)cc(-c2cccc(-c3cc(N(c4ccccc4)c4ccc(-c5ccccc5-c5ccccc5)cc4)c4ccccc4c3)c2)c2ccccc12)c1ccc2ccccc2c1. The monoisotopic (exact) mass is 872 g/mol. The highest BCUT2D eigenvalue weighted by Gasteiger charge is 2.20. The molecule has 1 unspecified atom stereocenters. The maximum Gasteiger partial charge on any atom is 0.0741 e. The van der Waals surface area contributed by atoms with E-state index in [1.165, 1.54) is 65.9 Å². The first-order valence-electron chi connectivity index (χ1n) is 23.8. The van der Waals surface area contributed by atoms with E-state index in [4.69, 9.17) is 4.99 Å². The number of hydrogen-bond donors (Lipinski definition) is 0. The number of hydrogen-bond acceptors (Lipinski definition) is 2. The summed E-state index contributed by atoms with van der Waals surface area (Å²) in [6.45, 7) is 6.77. The zero-order valence-corrected chi connectivity index (χ0v) is 38.8. The molecule has 0 aliphatic rings. The Hall–Kier alpha value is -8.33. The second-order valence-corrected chi connectivity index (χ2v) is 17.9. The average Bonchev–Trinajstić information content (AvgIpc) is 3.41. The van der Waals surface area contributed by atoms with E-state index in [1.807, 2.05) is 0 Å². The van der Waals surface area contributed by atoms with Gasteiger partial charge in [0.2, 0.25) is 0 Å². The van der Waals surface area contributed by atoms with E-state index < -0.39 is 0 Å². The van der Waals surface area contributed by atoms with E-state index in [2.05, 4.69) is 268 Å². The lowest BCUT2D eigenvalue weighted by Gasteiger charge is -2.28. The minimum Gasteiger partial charge on any atom is -0.310 e. The number of rotatable bonds is 11. The van der Waals surface area contributed by atoms with Gasteiger partial charge in [0.05, 0.1) is 17.1 Å². The highest BCUT2D eigenvalue weighted by Crippen LogP contribution is 2.44. The van der Waals surface area contributed by atoms with Gasteiger partial charge in [0.25, 0.3) is 0 Å². The minimum atomic E-state index is 0.289. The van der Waals surface area contributed by atoms with Crippen LogP contribution < -0.4 is 4.90 Å². The van der Waals surface area contributed by atoms with Crippen LogP contribution >= 0.6 is 0 Å². The highest BCUT2D eigenvalue weighted by molar-refractivity contribution is 6.10. The van der Waals surface area contributed by atoms with Gasteiger partial charge in [-0.3, -0.25) is 4.99 Å². The van der Waals surface area contributed by atoms with Gasteiger partial charge < -0.3 is 4.90 Å². The molecule has 68 heavy (non-hydrogen) atoms. The quantitative estimate of drug-likeness (QED) is 0.118. The Morgan fingerprint density at radius 1 is 0.412 bits per heavy atom. The van der Waals surface area contributed by atoms with E-state index in [-0.39, 0.29) is 5.92 Å². The molecule has 0 aliphatic heterocycles. The van der Waals surface area contributed by atoms with Crippen LogP contribution in [0.15, 0.2) is 248 Å². The molecule has 11 aromatic carbocycles. The standard InChI is InChI=1S/C66H52N2/c1-4-45(2)65(54-35-34-47-20-11-12-23-50(47)42-54)67-66-46(3)40-63(61-32-17-18-33-62(61)66)53-26-19-25-51(41-53)55-43-52-24-13-14-31-60(52)64(44-55)68(56-27-9-6-10-28-56)57-38-36-49(37-39-57)59-30-16-15-29-58(59)48-21-7-5-8-22-48/h5-45H,4H2,1-3H3/b67-65+. The third-order valence-electron chi connectivity index (χ3n) is 13.6. The molecule has 326 valence electrons. The molecule has 0 spiro atoms. The van der Waals surface area contributed by atoms with Crippen molar-refractivity contribution in [3.05, 3.63) is 254 Å². The Labute approximate surface area is 400 Å². The van der Waals surface area contributed by atoms with Crippen molar-refractivity contribution < 1.29 is 0 Å². The topological polar surface area (TPSA) is 15.6 Å². The normalized spacial score (nSPS) is 12.1. The van der Waals surface area contributed by atoms with E-state index in [0.29, 0.717) is 0 Å². The van der Waals surface area contributed by atoms with E-state index in [0.717, 1.165) is 57.0 Å². The Bertz CT molecular complexity index is 3630. The third kappa shape index (κ3) is 8.16. The van der Waals surface area contributed by atoms with E-state index >= 15 is 0 Å². The first-order chi connectivity index (χ1) is 33.5. The lowest BCUT2D eigenvalue weighted by atomic mass is 9.91. The van der Waals surface area contributed by atoms with Crippen LogP contribution in [-0.4, -0.2) is 5.71 Å². The van der Waals surface area contributed by atoms with Crippen molar-refractivity contribution in [2.45, 2.75) is 27.2 Å². The molecule has 11 rings (SSSR count). The third-order valence-corrected chi connectivity index (χ3v) is 13.6. The molecule has 2 nitrogen and oxygen atoms in total. The van der Waals surface area contributed by atoms with Gasteiger partial charge in [0.1, 0.15) is 0 Å². The molecule has 2 heteroatoms. The molecule has 0 saturated heterocycles. The maximum atomic E-state index is 5.59. The summed E-state index contributed by atoms with van der Waals surface area (Å²) in [7, 11) is 0. The fourth-order valence-corrected chi connectivity index (χ4v) is 9.92. The molecule has 0 aliphatic carbocycles. The smallest absolute Gasteiger partial charge is 0.0741 e. The van der Waals surface area contributed by atoms with Crippen LogP contribution in [0.1, 0.15) is 31.4 Å². The summed E-state index contributed by atoms with van der Waals surface area (Å²) < 4.78 is 0. The van der Waals surface area contributed by atoms with E-state index in [1.54, 1.807) is 0 Å². The summed E-state index contributed by atoms with van der Waals surface area (Å²) >= 11 is 0. The van der Waals surface area contributed by atoms with Crippen LogP contribution in [0.25, 0.3) is 76.8 Å². The van der Waals surface area contributed by atoms with Crippen LogP contribution in [0, 0.1) is 12.8 Å². The lowest BCUT2D eigenvalue weighted by Crippen LogP contribution is -2.12. The Kier molecular flexibility index (Phi) is 11.5. The van der Waals surface area contributed by atoms with Crippen LogP contribution in [0.2, 0.25) is 0 Å². The Morgan fingerprint density at radius 2 is 0.985 bits per heavy atom. The number of nitrogens with zero attached hydrogens (tertiary/aromatic N) is 2. The largest absolute Gasteiger partial charge is 0.310 e. The summed E-state index contributed by atoms with van der Waals surface area (Å²) in [4.78, 5) is 7.99. The van der Waals surface area contributed by atoms with Gasteiger partial charge >= 0.3 is 0 Å². The summed E-state index contributed by atoms with van der Waals surface area (Å²) in [5, 5.41) is 7.21. The van der Waals surface area contributed by atoms with Crippen molar-refractivity contribution in [3.63, 3.8) is 0 Å². The number of aliphatic imine (C=N–C) groups is 1. The maximum absolute atomic E-state index is 5.59. The van der Waals surface area contributed by atoms with Gasteiger partial charge in [0, 0.05) is 22.1 Å². The minimum absolute atomic E-state index is 0.289. The number of benzene rings is 11. The summed E-state index contributed by atoms with van der Waals surface area (Å²) in [5.74, 6) is 0.289. The molecule has 0 saturated carbocycles. The molecule has 11 aromatic rings. The fraction of sp³-hybridized carbons (Fsp3) is 0.0758. The highest BCUT2D eigenvalue weighted by atomic mass is 15.1. The lowest BCUT2D eigenvalue weighted by molar-refractivity contribution is 0.740. The first-order valence-corrected chi connectivity index (χ1v) is 23.8. The molecule has 1 atom stereocenters. The average molecular weight is 873 g/mol. The fourth-order valence-electron chi connectivity index (χ4n) is 9.92. The van der Waals surface area contributed by atoms with Crippen molar-refractivity contribution in [1.29, 1.82) is 0 Å². The van der Waals surface area contributed by atoms with Gasteiger partial charge in [-0.15, -0.1) is 0 Å². The summed E-state index contributed by atoms with van der Waals surface area (Å²) in [5.41, 5.74) is 17.4. The molecule has 0 heterocycles. The zero-order chi connectivity index (χ0) is 46.0. The van der Waals surface area contributed by atoms with Crippen LogP contribution in [0.4, 0.5) is 22.7 Å². The van der Waals surface area contributed by atoms with Crippen LogP contribution in [-0.2, 0) is 0 Å². The second kappa shape index (κ2) is 18.5. The molecule has 0 amide bonds. The van der Waals surface area contributed by atoms with Crippen molar-refractivity contribution >= 4 is 60.8 Å². The number of para-hydroxylation sites is 1. The van der Waals surface area contributed by atoms with Crippen molar-refractivity contribution in [2.75, 3.05) is 4.90 Å². The van der Waals surface area contributed by atoms with E-state index in [9.17, 15) is 0 Å². The molecular formula is C66H52N2. The molecule has 0 bridgehead atoms. The summed E-state index contributed by atoms with van der Waals surface area (Å²) in [6.07, 6.45) is 1.00. The number of fused-ring (bicyclic) bond motifs is 3. The molecule has 0 radical (unpaired) electrons. The molecule has 0 N–H and O–H groups in total. The van der Waals surface area contributed by atoms with Gasteiger partial charge in [-0.05, 0) is 151 Å². The predicted octanol–water partition coefficient (Wildman–Crippen LogP) is 18.8. The number of anilines is 3. The van der Waals surface area contributed by atoms with Crippen molar-refractivity contribution in [3.8, 4) is 44.5 Å². The van der Waals surface area contributed by atoms with Gasteiger partial charge in [-0.1, -0.05) is 202 Å². The predicted molar refractivity (Wildman–Crippen MR) is 292 cm³/mol. The Morgan fingerprint density at radius 3 is 1.72 bits per heavy atom.